The van der Waals surface area contributed by atoms with Crippen molar-refractivity contribution in [1.29, 1.82) is 0 Å². The molecule has 0 bridgehead atoms. The van der Waals surface area contributed by atoms with Crippen molar-refractivity contribution in [3.8, 4) is 11.5 Å². The number of anilines is 1. The SMILES string of the molecule is CCc1cccnc1-c1nc(NC)c(I)c(C(C)C)n1. The topological polar surface area (TPSA) is 50.7 Å². The minimum absolute atomic E-state index is 0.351. The van der Waals surface area contributed by atoms with E-state index in [1.807, 2.05) is 13.1 Å². The number of aromatic nitrogens is 3. The Hall–Kier alpha value is -1.24. The number of rotatable bonds is 4. The van der Waals surface area contributed by atoms with E-state index in [2.05, 4.69) is 64.7 Å². The van der Waals surface area contributed by atoms with Crippen molar-refractivity contribution in [2.24, 2.45) is 0 Å². The van der Waals surface area contributed by atoms with Crippen LogP contribution in [0.5, 0.6) is 0 Å². The third kappa shape index (κ3) is 2.92. The van der Waals surface area contributed by atoms with Crippen molar-refractivity contribution >= 4 is 28.4 Å². The summed E-state index contributed by atoms with van der Waals surface area (Å²) >= 11 is 2.30. The van der Waals surface area contributed by atoms with Crippen molar-refractivity contribution in [1.82, 2.24) is 15.0 Å². The van der Waals surface area contributed by atoms with Crippen LogP contribution in [0.3, 0.4) is 0 Å². The molecule has 2 aromatic rings. The number of hydrogen-bond acceptors (Lipinski definition) is 4. The molecule has 0 aliphatic heterocycles. The van der Waals surface area contributed by atoms with Crippen LogP contribution in [0.25, 0.3) is 11.5 Å². The molecule has 0 aliphatic rings. The molecule has 0 fully saturated rings. The molecule has 0 amide bonds. The third-order valence-electron chi connectivity index (χ3n) is 3.14. The van der Waals surface area contributed by atoms with E-state index >= 15 is 0 Å². The van der Waals surface area contributed by atoms with Crippen molar-refractivity contribution in [2.75, 3.05) is 12.4 Å². The minimum Gasteiger partial charge on any atom is -0.372 e. The predicted octanol–water partition coefficient (Wildman–Crippen LogP) is 3.87. The second kappa shape index (κ2) is 6.47. The van der Waals surface area contributed by atoms with Gasteiger partial charge in [0.25, 0.3) is 0 Å². The van der Waals surface area contributed by atoms with Crippen LogP contribution in [-0.4, -0.2) is 22.0 Å². The molecule has 5 heteroatoms. The average molecular weight is 382 g/mol. The van der Waals surface area contributed by atoms with E-state index < -0.39 is 0 Å². The Labute approximate surface area is 133 Å². The molecule has 0 saturated carbocycles. The predicted molar refractivity (Wildman–Crippen MR) is 91.0 cm³/mol. The number of aryl methyl sites for hydroxylation is 1. The summed E-state index contributed by atoms with van der Waals surface area (Å²) in [6, 6.07) is 4.04. The highest BCUT2D eigenvalue weighted by Gasteiger charge is 2.17. The Morgan fingerprint density at radius 2 is 2.05 bits per heavy atom. The zero-order chi connectivity index (χ0) is 14.7. The molecular weight excluding hydrogens is 363 g/mol. The van der Waals surface area contributed by atoms with Gasteiger partial charge >= 0.3 is 0 Å². The van der Waals surface area contributed by atoms with Crippen molar-refractivity contribution in [3.05, 3.63) is 33.2 Å². The lowest BCUT2D eigenvalue weighted by atomic mass is 10.1. The average Bonchev–Trinajstić information content (AvgIpc) is 2.47. The lowest BCUT2D eigenvalue weighted by Gasteiger charge is -2.14. The van der Waals surface area contributed by atoms with Crippen LogP contribution < -0.4 is 5.32 Å². The van der Waals surface area contributed by atoms with Gasteiger partial charge in [0.05, 0.1) is 9.26 Å². The van der Waals surface area contributed by atoms with Crippen LogP contribution in [0, 0.1) is 3.57 Å². The van der Waals surface area contributed by atoms with Crippen LogP contribution in [0.1, 0.15) is 37.9 Å². The second-order valence-electron chi connectivity index (χ2n) is 4.86. The molecule has 0 atom stereocenters. The summed E-state index contributed by atoms with van der Waals surface area (Å²) in [6.45, 7) is 6.41. The summed E-state index contributed by atoms with van der Waals surface area (Å²) in [7, 11) is 1.89. The van der Waals surface area contributed by atoms with Gasteiger partial charge in [0.1, 0.15) is 11.5 Å². The van der Waals surface area contributed by atoms with Crippen molar-refractivity contribution in [3.63, 3.8) is 0 Å². The first kappa shape index (κ1) is 15.2. The lowest BCUT2D eigenvalue weighted by Crippen LogP contribution is -2.08. The molecule has 106 valence electrons. The number of pyridine rings is 1. The van der Waals surface area contributed by atoms with Gasteiger partial charge in [-0.05, 0) is 46.6 Å². The van der Waals surface area contributed by atoms with Gasteiger partial charge in [0.15, 0.2) is 5.82 Å². The van der Waals surface area contributed by atoms with E-state index in [4.69, 9.17) is 4.98 Å². The van der Waals surface area contributed by atoms with Crippen LogP contribution in [0.4, 0.5) is 5.82 Å². The molecule has 0 aliphatic carbocycles. The van der Waals surface area contributed by atoms with E-state index in [-0.39, 0.29) is 0 Å². The molecule has 2 aromatic heterocycles. The summed E-state index contributed by atoms with van der Waals surface area (Å²) in [5.41, 5.74) is 3.11. The van der Waals surface area contributed by atoms with Crippen LogP contribution in [0.2, 0.25) is 0 Å². The van der Waals surface area contributed by atoms with E-state index in [0.29, 0.717) is 11.7 Å². The molecule has 0 aromatic carbocycles. The zero-order valence-electron chi connectivity index (χ0n) is 12.2. The Morgan fingerprint density at radius 3 is 2.65 bits per heavy atom. The smallest absolute Gasteiger partial charge is 0.180 e. The van der Waals surface area contributed by atoms with Crippen LogP contribution >= 0.6 is 22.6 Å². The standard InChI is InChI=1S/C15H19IN4/c1-5-10-7-6-8-18-13(10)15-19-12(9(2)3)11(16)14(17-4)20-15/h6-9H,5H2,1-4H3,(H,17,19,20). The lowest BCUT2D eigenvalue weighted by molar-refractivity contribution is 0.807. The van der Waals surface area contributed by atoms with Gasteiger partial charge in [-0.25, -0.2) is 9.97 Å². The minimum atomic E-state index is 0.351. The van der Waals surface area contributed by atoms with E-state index in [1.165, 1.54) is 5.56 Å². The molecule has 1 N–H and O–H groups in total. The highest BCUT2D eigenvalue weighted by atomic mass is 127. The summed E-state index contributed by atoms with van der Waals surface area (Å²) in [4.78, 5) is 13.8. The summed E-state index contributed by atoms with van der Waals surface area (Å²) < 4.78 is 1.08. The summed E-state index contributed by atoms with van der Waals surface area (Å²) in [5.74, 6) is 1.92. The monoisotopic (exact) mass is 382 g/mol. The van der Waals surface area contributed by atoms with Gasteiger partial charge in [-0.15, -0.1) is 0 Å². The molecule has 20 heavy (non-hydrogen) atoms. The first-order chi connectivity index (χ1) is 9.58. The van der Waals surface area contributed by atoms with Gasteiger partial charge in [-0.3, -0.25) is 4.98 Å². The third-order valence-corrected chi connectivity index (χ3v) is 4.21. The maximum Gasteiger partial charge on any atom is 0.180 e. The van der Waals surface area contributed by atoms with E-state index in [1.54, 1.807) is 6.20 Å². The highest BCUT2D eigenvalue weighted by molar-refractivity contribution is 14.1. The fourth-order valence-electron chi connectivity index (χ4n) is 2.04. The molecule has 4 nitrogen and oxygen atoms in total. The number of nitrogens with one attached hydrogen (secondary N) is 1. The molecule has 2 heterocycles. The van der Waals surface area contributed by atoms with E-state index in [0.717, 1.165) is 27.2 Å². The number of hydrogen-bond donors (Lipinski definition) is 1. The Kier molecular flexibility index (Phi) is 4.91. The summed E-state index contributed by atoms with van der Waals surface area (Å²) in [5, 5.41) is 3.15. The Balaban J connectivity index is 2.65. The zero-order valence-corrected chi connectivity index (χ0v) is 14.4. The molecular formula is C15H19IN4. The number of halogens is 1. The first-order valence-electron chi connectivity index (χ1n) is 6.77. The van der Waals surface area contributed by atoms with Crippen molar-refractivity contribution in [2.45, 2.75) is 33.1 Å². The molecule has 0 radical (unpaired) electrons. The first-order valence-corrected chi connectivity index (χ1v) is 7.85. The Morgan fingerprint density at radius 1 is 1.30 bits per heavy atom. The normalized spacial score (nSPS) is 10.9. The fraction of sp³-hybridized carbons (Fsp3) is 0.400. The van der Waals surface area contributed by atoms with Gasteiger partial charge in [-0.1, -0.05) is 26.8 Å². The molecule has 2 rings (SSSR count). The highest BCUT2D eigenvalue weighted by Crippen LogP contribution is 2.28. The van der Waals surface area contributed by atoms with Crippen LogP contribution in [-0.2, 0) is 6.42 Å². The van der Waals surface area contributed by atoms with Crippen LogP contribution in [0.15, 0.2) is 18.3 Å². The second-order valence-corrected chi connectivity index (χ2v) is 5.94. The van der Waals surface area contributed by atoms with Gasteiger partial charge in [0, 0.05) is 13.2 Å². The largest absolute Gasteiger partial charge is 0.372 e. The fourth-order valence-corrected chi connectivity index (χ4v) is 3.18. The molecule has 0 saturated heterocycles. The molecule has 0 spiro atoms. The quantitative estimate of drug-likeness (QED) is 0.816. The van der Waals surface area contributed by atoms with Gasteiger partial charge in [0.2, 0.25) is 0 Å². The van der Waals surface area contributed by atoms with Crippen molar-refractivity contribution < 1.29 is 0 Å². The maximum atomic E-state index is 4.74. The number of nitrogens with zero attached hydrogens (tertiary/aromatic N) is 3. The van der Waals surface area contributed by atoms with Gasteiger partial charge in [-0.2, -0.15) is 0 Å². The maximum absolute atomic E-state index is 4.74. The van der Waals surface area contributed by atoms with Gasteiger partial charge < -0.3 is 5.32 Å². The summed E-state index contributed by atoms with van der Waals surface area (Å²) in [6.07, 6.45) is 2.72. The Bertz CT molecular complexity index is 611. The molecule has 0 unspecified atom stereocenters. The van der Waals surface area contributed by atoms with E-state index in [9.17, 15) is 0 Å².